The van der Waals surface area contributed by atoms with Gasteiger partial charge in [-0.2, -0.15) is 0 Å². The maximum absolute atomic E-state index is 12.5. The Morgan fingerprint density at radius 2 is 1.86 bits per heavy atom. The molecule has 0 radical (unpaired) electrons. The number of nitrogens with one attached hydrogen (secondary N) is 1. The average Bonchev–Trinajstić information content (AvgIpc) is 3.02. The van der Waals surface area contributed by atoms with Gasteiger partial charge in [-0.1, -0.05) is 24.3 Å². The van der Waals surface area contributed by atoms with Gasteiger partial charge in [0.05, 0.1) is 0 Å². The van der Waals surface area contributed by atoms with E-state index in [-0.39, 0.29) is 31.0 Å². The van der Waals surface area contributed by atoms with Crippen LogP contribution in [0.3, 0.4) is 0 Å². The zero-order valence-electron chi connectivity index (χ0n) is 16.3. The third kappa shape index (κ3) is 4.22. The first-order valence-corrected chi connectivity index (χ1v) is 9.28. The lowest BCUT2D eigenvalue weighted by atomic mass is 10.1. The minimum atomic E-state index is -0.648. The fourth-order valence-corrected chi connectivity index (χ4v) is 3.35. The van der Waals surface area contributed by atoms with Crippen LogP contribution in [0.4, 0.5) is 5.69 Å². The van der Waals surface area contributed by atoms with E-state index in [1.54, 1.807) is 17.0 Å². The zero-order valence-corrected chi connectivity index (χ0v) is 16.3. The third-order valence-corrected chi connectivity index (χ3v) is 4.99. The predicted molar refractivity (Wildman–Crippen MR) is 106 cm³/mol. The molecular weight excluding hydrogens is 356 g/mol. The van der Waals surface area contributed by atoms with Crippen molar-refractivity contribution in [2.45, 2.75) is 33.2 Å². The van der Waals surface area contributed by atoms with Gasteiger partial charge in [0.2, 0.25) is 0 Å². The molecule has 0 saturated carbocycles. The summed E-state index contributed by atoms with van der Waals surface area (Å²) in [5.74, 6) is -1.27. The number of carbonyl (C=O) groups excluding carboxylic acids is 3. The van der Waals surface area contributed by atoms with Crippen molar-refractivity contribution in [3.05, 3.63) is 64.7 Å². The Morgan fingerprint density at radius 1 is 1.11 bits per heavy atom. The molecule has 0 aromatic heterocycles. The van der Waals surface area contributed by atoms with Crippen LogP contribution in [0, 0.1) is 13.8 Å². The van der Waals surface area contributed by atoms with Crippen LogP contribution in [-0.2, 0) is 20.7 Å². The first-order chi connectivity index (χ1) is 13.4. The van der Waals surface area contributed by atoms with Crippen LogP contribution in [0.25, 0.3) is 0 Å². The van der Waals surface area contributed by atoms with Crippen LogP contribution >= 0.6 is 0 Å². The first kappa shape index (κ1) is 19.6. The molecule has 6 nitrogen and oxygen atoms in total. The van der Waals surface area contributed by atoms with Crippen LogP contribution in [0.1, 0.15) is 34.0 Å². The van der Waals surface area contributed by atoms with E-state index in [1.807, 2.05) is 51.1 Å². The molecule has 146 valence electrons. The van der Waals surface area contributed by atoms with Gasteiger partial charge in [-0.3, -0.25) is 14.4 Å². The number of nitrogens with zero attached hydrogens (tertiary/aromatic N) is 1. The van der Waals surface area contributed by atoms with Gasteiger partial charge in [0.15, 0.2) is 6.61 Å². The Balaban J connectivity index is 1.50. The summed E-state index contributed by atoms with van der Waals surface area (Å²) < 4.78 is 5.06. The molecule has 1 aliphatic rings. The molecule has 0 saturated heterocycles. The number of aryl methyl sites for hydroxylation is 2. The first-order valence-electron chi connectivity index (χ1n) is 9.28. The summed E-state index contributed by atoms with van der Waals surface area (Å²) in [7, 11) is 0. The Bertz CT molecular complexity index is 923. The summed E-state index contributed by atoms with van der Waals surface area (Å²) in [5.41, 5.74) is 4.54. The number of amides is 2. The van der Waals surface area contributed by atoms with E-state index in [1.165, 1.54) is 0 Å². The number of benzene rings is 2. The Labute approximate surface area is 164 Å². The van der Waals surface area contributed by atoms with Gasteiger partial charge in [-0.05, 0) is 62.1 Å². The molecule has 6 heteroatoms. The van der Waals surface area contributed by atoms with Gasteiger partial charge in [0.1, 0.15) is 6.54 Å². The number of fused-ring (bicyclic) bond motifs is 1. The van der Waals surface area contributed by atoms with Crippen LogP contribution in [0.5, 0.6) is 0 Å². The second-order valence-corrected chi connectivity index (χ2v) is 7.09. The number of hydrogen-bond donors (Lipinski definition) is 1. The summed E-state index contributed by atoms with van der Waals surface area (Å²) in [5, 5.41) is 2.52. The van der Waals surface area contributed by atoms with Crippen molar-refractivity contribution in [1.82, 2.24) is 5.32 Å². The van der Waals surface area contributed by atoms with Gasteiger partial charge >= 0.3 is 5.97 Å². The molecular formula is C22H24N2O4. The molecule has 2 aromatic carbocycles. The van der Waals surface area contributed by atoms with Crippen molar-refractivity contribution in [1.29, 1.82) is 0 Å². The SMILES string of the molecule is Cc1ccc(C(=O)NCC(=O)OCC(=O)N2c3ccccc3C[C@@H]2C)cc1C. The third-order valence-electron chi connectivity index (χ3n) is 4.99. The molecule has 0 spiro atoms. The molecule has 3 rings (SSSR count). The second-order valence-electron chi connectivity index (χ2n) is 7.09. The van der Waals surface area contributed by atoms with E-state index < -0.39 is 5.97 Å². The van der Waals surface area contributed by atoms with Crippen molar-refractivity contribution >= 4 is 23.5 Å². The normalized spacial score (nSPS) is 15.1. The molecule has 0 bridgehead atoms. The average molecular weight is 380 g/mol. The minimum absolute atomic E-state index is 0.0214. The summed E-state index contributed by atoms with van der Waals surface area (Å²) in [6.07, 6.45) is 0.780. The monoisotopic (exact) mass is 380 g/mol. The molecule has 1 N–H and O–H groups in total. The molecule has 0 unspecified atom stereocenters. The minimum Gasteiger partial charge on any atom is -0.454 e. The maximum Gasteiger partial charge on any atom is 0.325 e. The topological polar surface area (TPSA) is 75.7 Å². The van der Waals surface area contributed by atoms with E-state index in [4.69, 9.17) is 4.74 Å². The number of para-hydroxylation sites is 1. The fourth-order valence-electron chi connectivity index (χ4n) is 3.35. The maximum atomic E-state index is 12.5. The zero-order chi connectivity index (χ0) is 20.3. The largest absolute Gasteiger partial charge is 0.454 e. The van der Waals surface area contributed by atoms with Crippen molar-refractivity contribution in [3.8, 4) is 0 Å². The van der Waals surface area contributed by atoms with Crippen LogP contribution in [-0.4, -0.2) is 37.0 Å². The van der Waals surface area contributed by atoms with Crippen LogP contribution < -0.4 is 10.2 Å². The van der Waals surface area contributed by atoms with Gasteiger partial charge in [-0.15, -0.1) is 0 Å². The fraction of sp³-hybridized carbons (Fsp3) is 0.318. The Morgan fingerprint density at radius 3 is 2.61 bits per heavy atom. The van der Waals surface area contributed by atoms with Gasteiger partial charge < -0.3 is 15.0 Å². The number of ether oxygens (including phenoxy) is 1. The second kappa shape index (κ2) is 8.25. The molecule has 1 heterocycles. The van der Waals surface area contributed by atoms with Crippen molar-refractivity contribution < 1.29 is 19.1 Å². The molecule has 2 amide bonds. The Hall–Kier alpha value is -3.15. The number of esters is 1. The van der Waals surface area contributed by atoms with E-state index in [0.29, 0.717) is 5.56 Å². The molecule has 0 aliphatic carbocycles. The number of hydrogen-bond acceptors (Lipinski definition) is 4. The summed E-state index contributed by atoms with van der Waals surface area (Å²) in [6, 6.07) is 13.1. The molecule has 28 heavy (non-hydrogen) atoms. The lowest BCUT2D eigenvalue weighted by Gasteiger charge is -2.22. The number of anilines is 1. The van der Waals surface area contributed by atoms with Crippen LogP contribution in [0.15, 0.2) is 42.5 Å². The van der Waals surface area contributed by atoms with E-state index in [2.05, 4.69) is 5.32 Å². The quantitative estimate of drug-likeness (QED) is 0.809. The highest BCUT2D eigenvalue weighted by Crippen LogP contribution is 2.31. The summed E-state index contributed by atoms with van der Waals surface area (Å²) in [4.78, 5) is 38.3. The summed E-state index contributed by atoms with van der Waals surface area (Å²) in [6.45, 7) is 5.21. The van der Waals surface area contributed by atoms with E-state index in [0.717, 1.165) is 28.8 Å². The van der Waals surface area contributed by atoms with Gasteiger partial charge in [-0.25, -0.2) is 0 Å². The molecule has 1 atom stereocenters. The van der Waals surface area contributed by atoms with Crippen molar-refractivity contribution in [2.24, 2.45) is 0 Å². The van der Waals surface area contributed by atoms with Crippen LogP contribution in [0.2, 0.25) is 0 Å². The van der Waals surface area contributed by atoms with Gasteiger partial charge in [0.25, 0.3) is 11.8 Å². The predicted octanol–water partition coefficient (Wildman–Crippen LogP) is 2.55. The highest BCUT2D eigenvalue weighted by molar-refractivity contribution is 5.98. The Kier molecular flexibility index (Phi) is 5.78. The standard InChI is InChI=1S/C22H24N2O4/c1-14-8-9-18(10-15(14)2)22(27)23-12-21(26)28-13-20(25)24-16(3)11-17-6-4-5-7-19(17)24/h4-10,16H,11-13H2,1-3H3,(H,23,27)/t16-/m0/s1. The number of carbonyl (C=O) groups is 3. The van der Waals surface area contributed by atoms with Crippen molar-refractivity contribution in [3.63, 3.8) is 0 Å². The van der Waals surface area contributed by atoms with Gasteiger partial charge in [0, 0.05) is 17.3 Å². The highest BCUT2D eigenvalue weighted by Gasteiger charge is 2.30. The summed E-state index contributed by atoms with van der Waals surface area (Å²) >= 11 is 0. The van der Waals surface area contributed by atoms with Crippen molar-refractivity contribution in [2.75, 3.05) is 18.1 Å². The molecule has 0 fully saturated rings. The highest BCUT2D eigenvalue weighted by atomic mass is 16.5. The number of rotatable bonds is 5. The van der Waals surface area contributed by atoms with E-state index in [9.17, 15) is 14.4 Å². The smallest absolute Gasteiger partial charge is 0.325 e. The molecule has 1 aliphatic heterocycles. The lowest BCUT2D eigenvalue weighted by molar-refractivity contribution is -0.146. The van der Waals surface area contributed by atoms with E-state index >= 15 is 0 Å². The lowest BCUT2D eigenvalue weighted by Crippen LogP contribution is -2.39. The molecule has 2 aromatic rings.